The fourth-order valence-corrected chi connectivity index (χ4v) is 3.00. The van der Waals surface area contributed by atoms with Crippen molar-refractivity contribution < 1.29 is 58.3 Å². The number of hydrogen-bond acceptors (Lipinski definition) is 15. The molecule has 3 atom stereocenters. The number of nitrogens with two attached hydrogens (primary N) is 3. The maximum absolute atomic E-state index is 11.0. The number of carboxylic acid groups (broad SMARTS) is 3. The molecule has 6 N–H and O–H groups in total. The molecule has 46 heavy (non-hydrogen) atoms. The van der Waals surface area contributed by atoms with Gasteiger partial charge in [0.2, 0.25) is 0 Å². The summed E-state index contributed by atoms with van der Waals surface area (Å²) in [4.78, 5) is 63.8. The second kappa shape index (κ2) is 35.1. The van der Waals surface area contributed by atoms with E-state index in [1.165, 1.54) is 0 Å². The molecule has 0 radical (unpaired) electrons. The Hall–Kier alpha value is -2.77. The Balaban J connectivity index is -0.000000285. The molecule has 0 aliphatic rings. The fraction of sp³-hybridized carbons (Fsp3) is 0.800. The maximum Gasteiger partial charge on any atom is 3.00 e. The van der Waals surface area contributed by atoms with Crippen molar-refractivity contribution in [1.82, 2.24) is 0 Å². The molecule has 16 heteroatoms. The zero-order valence-corrected chi connectivity index (χ0v) is 28.8. The SMILES string of the molecule is CCCCCOC(=O)CC[C@H](N)C(=O)[O-].CCCCCOC(=O)CC[C@H](N)C(=O)[O-].CCCCCOC(=O)CC[C@H](N)C(=O)[O-].[Al+3]. The van der Waals surface area contributed by atoms with Gasteiger partial charge in [0.1, 0.15) is 0 Å². The van der Waals surface area contributed by atoms with Crippen LogP contribution in [0.15, 0.2) is 0 Å². The Bertz CT molecular complexity index is 728. The molecule has 0 rings (SSSR count). The summed E-state index contributed by atoms with van der Waals surface area (Å²) >= 11 is 0. The van der Waals surface area contributed by atoms with Crippen LogP contribution < -0.4 is 32.5 Å². The summed E-state index contributed by atoms with van der Waals surface area (Å²) in [6, 6.07) is -3.27. The van der Waals surface area contributed by atoms with Gasteiger partial charge in [-0.05, 0) is 38.5 Å². The number of carbonyl (C=O) groups excluding carboxylic acids is 6. The van der Waals surface area contributed by atoms with Crippen LogP contribution in [0.5, 0.6) is 0 Å². The number of esters is 3. The molecule has 0 saturated heterocycles. The van der Waals surface area contributed by atoms with Crippen LogP contribution in [0.2, 0.25) is 0 Å². The first-order valence-electron chi connectivity index (χ1n) is 15.6. The van der Waals surface area contributed by atoms with Crippen LogP contribution in [0.3, 0.4) is 0 Å². The van der Waals surface area contributed by atoms with Crippen molar-refractivity contribution >= 4 is 53.2 Å². The van der Waals surface area contributed by atoms with Gasteiger partial charge in [0.15, 0.2) is 0 Å². The Morgan fingerprint density at radius 2 is 0.696 bits per heavy atom. The van der Waals surface area contributed by atoms with Crippen LogP contribution in [0.4, 0.5) is 0 Å². The van der Waals surface area contributed by atoms with Crippen LogP contribution in [-0.2, 0) is 43.0 Å². The van der Waals surface area contributed by atoms with Gasteiger partial charge in [-0.25, -0.2) is 0 Å². The van der Waals surface area contributed by atoms with Crippen LogP contribution in [0, 0.1) is 0 Å². The van der Waals surface area contributed by atoms with Gasteiger partial charge in [-0.15, -0.1) is 0 Å². The van der Waals surface area contributed by atoms with Crippen LogP contribution >= 0.6 is 0 Å². The molecule has 0 fully saturated rings. The molecule has 0 amide bonds. The zero-order valence-electron chi connectivity index (χ0n) is 27.7. The second-order valence-electron chi connectivity index (χ2n) is 10.2. The monoisotopic (exact) mass is 675 g/mol. The number of unbranched alkanes of at least 4 members (excludes halogenated alkanes) is 6. The quantitative estimate of drug-likeness (QED) is 0.0447. The van der Waals surface area contributed by atoms with Gasteiger partial charge in [-0.1, -0.05) is 59.3 Å². The van der Waals surface area contributed by atoms with Crippen LogP contribution in [0.1, 0.15) is 117 Å². The predicted molar refractivity (Wildman–Crippen MR) is 164 cm³/mol. The molecule has 264 valence electrons. The van der Waals surface area contributed by atoms with Crippen molar-refractivity contribution in [2.24, 2.45) is 17.2 Å². The minimum atomic E-state index is -1.34. The first kappa shape index (κ1) is 50.1. The molecule has 0 spiro atoms. The number of carbonyl (C=O) groups is 6. The van der Waals surface area contributed by atoms with Crippen LogP contribution in [-0.4, -0.2) is 91.1 Å². The minimum Gasteiger partial charge on any atom is -0.548 e. The van der Waals surface area contributed by atoms with Gasteiger partial charge in [0.05, 0.1) is 37.7 Å². The number of hydrogen-bond donors (Lipinski definition) is 3. The second-order valence-corrected chi connectivity index (χ2v) is 10.2. The Morgan fingerprint density at radius 1 is 0.478 bits per heavy atom. The summed E-state index contributed by atoms with van der Waals surface area (Å²) in [6.45, 7) is 7.36. The molecule has 0 heterocycles. The first-order valence-corrected chi connectivity index (χ1v) is 15.6. The summed E-state index contributed by atoms with van der Waals surface area (Å²) < 4.78 is 14.6. The maximum atomic E-state index is 11.0. The molecular formula is C30H54AlN3O12. The molecule has 0 aromatic heterocycles. The van der Waals surface area contributed by atoms with E-state index in [4.69, 9.17) is 31.4 Å². The fourth-order valence-electron chi connectivity index (χ4n) is 3.00. The standard InChI is InChI=1S/3C10H19NO4.Al/c3*1-2-3-4-7-15-9(12)6-5-8(11)10(13)14;/h3*8H,2-7,11H2,1H3,(H,13,14);/q;;;+3/p-3/t3*8-;/m000./s1. The number of rotatable bonds is 24. The van der Waals surface area contributed by atoms with E-state index in [2.05, 4.69) is 20.8 Å². The summed E-state index contributed by atoms with van der Waals surface area (Å²) in [5.74, 6) is -5.22. The van der Waals surface area contributed by atoms with Gasteiger partial charge in [0, 0.05) is 37.4 Å². The van der Waals surface area contributed by atoms with E-state index in [0.29, 0.717) is 19.8 Å². The van der Waals surface area contributed by atoms with Crippen molar-refractivity contribution in [2.45, 2.75) is 135 Å². The minimum absolute atomic E-state index is 0. The zero-order chi connectivity index (χ0) is 35.0. The Kier molecular flexibility index (Phi) is 38.2. The van der Waals surface area contributed by atoms with Crippen molar-refractivity contribution in [3.05, 3.63) is 0 Å². The topological polar surface area (TPSA) is 277 Å². The first-order chi connectivity index (χ1) is 21.2. The van der Waals surface area contributed by atoms with Gasteiger partial charge in [-0.2, -0.15) is 0 Å². The predicted octanol–water partition coefficient (Wildman–Crippen LogP) is -1.65. The Morgan fingerprint density at radius 3 is 0.870 bits per heavy atom. The summed E-state index contributed by atoms with van der Waals surface area (Å²) in [5, 5.41) is 30.7. The molecule has 0 aromatic rings. The van der Waals surface area contributed by atoms with Crippen molar-refractivity contribution in [3.63, 3.8) is 0 Å². The summed E-state index contributed by atoms with van der Waals surface area (Å²) in [5.41, 5.74) is 15.5. The average molecular weight is 676 g/mol. The molecule has 0 aromatic carbocycles. The molecule has 0 unspecified atom stereocenters. The van der Waals surface area contributed by atoms with Gasteiger partial charge < -0.3 is 61.1 Å². The average Bonchev–Trinajstić information content (AvgIpc) is 3.00. The largest absolute Gasteiger partial charge is 3.00 e. The molecule has 0 aliphatic carbocycles. The van der Waals surface area contributed by atoms with Crippen molar-refractivity contribution in [2.75, 3.05) is 19.8 Å². The van der Waals surface area contributed by atoms with Crippen molar-refractivity contribution in [1.29, 1.82) is 0 Å². The van der Waals surface area contributed by atoms with E-state index in [1.54, 1.807) is 0 Å². The van der Waals surface area contributed by atoms with Crippen LogP contribution in [0.25, 0.3) is 0 Å². The molecule has 0 saturated carbocycles. The van der Waals surface area contributed by atoms with E-state index >= 15 is 0 Å². The smallest absolute Gasteiger partial charge is 0.548 e. The van der Waals surface area contributed by atoms with Gasteiger partial charge in [-0.3, -0.25) is 14.4 Å². The van der Waals surface area contributed by atoms with E-state index in [0.717, 1.165) is 57.8 Å². The van der Waals surface area contributed by atoms with Gasteiger partial charge in [0.25, 0.3) is 0 Å². The molecule has 0 bridgehead atoms. The normalized spacial score (nSPS) is 11.9. The third kappa shape index (κ3) is 37.4. The van der Waals surface area contributed by atoms with E-state index < -0.39 is 53.9 Å². The third-order valence-electron chi connectivity index (χ3n) is 5.92. The number of aliphatic carboxylic acids is 3. The Labute approximate surface area is 283 Å². The number of carboxylic acids is 3. The third-order valence-corrected chi connectivity index (χ3v) is 5.92. The summed E-state index contributed by atoms with van der Waals surface area (Å²) in [6.07, 6.45) is 9.05. The molecule has 0 aliphatic heterocycles. The van der Waals surface area contributed by atoms with E-state index in [9.17, 15) is 44.1 Å². The van der Waals surface area contributed by atoms with Crippen molar-refractivity contribution in [3.8, 4) is 0 Å². The molecule has 15 nitrogen and oxygen atoms in total. The number of ether oxygens (including phenoxy) is 3. The van der Waals surface area contributed by atoms with E-state index in [1.807, 2.05) is 0 Å². The molecular weight excluding hydrogens is 621 g/mol. The van der Waals surface area contributed by atoms with Gasteiger partial charge >= 0.3 is 35.3 Å². The van der Waals surface area contributed by atoms with E-state index in [-0.39, 0.29) is 55.9 Å². The summed E-state index contributed by atoms with van der Waals surface area (Å²) in [7, 11) is 0.